The third-order valence-electron chi connectivity index (χ3n) is 5.26. The lowest BCUT2D eigenvalue weighted by molar-refractivity contribution is 0.0930. The van der Waals surface area contributed by atoms with Crippen molar-refractivity contribution in [2.75, 3.05) is 18.0 Å². The second-order valence-electron chi connectivity index (χ2n) is 7.34. The molecular formula is C20H24N6O. The summed E-state index contributed by atoms with van der Waals surface area (Å²) in [7, 11) is 0. The summed E-state index contributed by atoms with van der Waals surface area (Å²) in [5.74, 6) is 0.937. The summed E-state index contributed by atoms with van der Waals surface area (Å²) < 4.78 is 0. The smallest absolute Gasteiger partial charge is 0.252 e. The number of carbonyl (C=O) groups excluding carboxylic acids is 1. The largest absolute Gasteiger partial charge is 0.356 e. The van der Waals surface area contributed by atoms with Crippen LogP contribution < -0.4 is 10.2 Å². The van der Waals surface area contributed by atoms with E-state index >= 15 is 0 Å². The van der Waals surface area contributed by atoms with E-state index in [1.54, 1.807) is 12.5 Å². The first-order valence-electron chi connectivity index (χ1n) is 9.30. The fourth-order valence-corrected chi connectivity index (χ4v) is 4.04. The zero-order valence-electron chi connectivity index (χ0n) is 15.9. The minimum Gasteiger partial charge on any atom is -0.356 e. The zero-order chi connectivity index (χ0) is 19.0. The fraction of sp³-hybridized carbons (Fsp3) is 0.400. The Morgan fingerprint density at radius 1 is 1.15 bits per heavy atom. The molecule has 2 aromatic heterocycles. The van der Waals surface area contributed by atoms with Gasteiger partial charge in [0.1, 0.15) is 12.1 Å². The van der Waals surface area contributed by atoms with Crippen molar-refractivity contribution < 1.29 is 4.79 Å². The summed E-state index contributed by atoms with van der Waals surface area (Å²) >= 11 is 0. The molecule has 7 nitrogen and oxygen atoms in total. The maximum Gasteiger partial charge on any atom is 0.252 e. The van der Waals surface area contributed by atoms with Gasteiger partial charge in [-0.2, -0.15) is 5.10 Å². The molecule has 0 aliphatic carbocycles. The first kappa shape index (κ1) is 17.5. The Morgan fingerprint density at radius 2 is 1.85 bits per heavy atom. The van der Waals surface area contributed by atoms with Crippen molar-refractivity contribution in [2.45, 2.75) is 39.7 Å². The summed E-state index contributed by atoms with van der Waals surface area (Å²) in [6, 6.07) is 4.31. The monoisotopic (exact) mass is 364 g/mol. The number of aromatic amines is 1. The topological polar surface area (TPSA) is 86.8 Å². The Labute approximate surface area is 158 Å². The van der Waals surface area contributed by atoms with Crippen molar-refractivity contribution in [3.8, 4) is 0 Å². The standard InChI is InChI=1S/C20H24N6O/c1-12-8-13(2)17(14(3)9-12)20(27)24-15-4-6-26(7-5-15)19-16-10-23-25-18(16)21-11-22-19/h8-11,15H,4-7H2,1-3H3,(H,24,27)(H,21,22,23,25). The average molecular weight is 364 g/mol. The predicted octanol–water partition coefficient (Wildman–Crippen LogP) is 2.68. The molecule has 1 amide bonds. The Hall–Kier alpha value is -2.96. The molecule has 0 unspecified atom stereocenters. The molecule has 1 aliphatic heterocycles. The number of aryl methyl sites for hydroxylation is 3. The second-order valence-corrected chi connectivity index (χ2v) is 7.34. The van der Waals surface area contributed by atoms with Crippen LogP contribution in [0.3, 0.4) is 0 Å². The van der Waals surface area contributed by atoms with Crippen molar-refractivity contribution >= 4 is 22.8 Å². The number of H-pyrrole nitrogens is 1. The fourth-order valence-electron chi connectivity index (χ4n) is 4.04. The summed E-state index contributed by atoms with van der Waals surface area (Å²) in [6.45, 7) is 7.75. The molecule has 0 bridgehead atoms. The van der Waals surface area contributed by atoms with E-state index in [4.69, 9.17) is 0 Å². The maximum absolute atomic E-state index is 12.8. The first-order chi connectivity index (χ1) is 13.0. The van der Waals surface area contributed by atoms with E-state index in [-0.39, 0.29) is 11.9 Å². The van der Waals surface area contributed by atoms with Gasteiger partial charge in [0.05, 0.1) is 11.6 Å². The lowest BCUT2D eigenvalue weighted by Gasteiger charge is -2.33. The van der Waals surface area contributed by atoms with Gasteiger partial charge in [0.2, 0.25) is 0 Å². The lowest BCUT2D eigenvalue weighted by atomic mass is 9.98. The lowest BCUT2D eigenvalue weighted by Crippen LogP contribution is -2.45. The minimum atomic E-state index is 0.0303. The second kappa shape index (κ2) is 6.98. The number of aromatic nitrogens is 4. The SMILES string of the molecule is Cc1cc(C)c(C(=O)NC2CCN(c3ncnc4[nH]ncc34)CC2)c(C)c1. The van der Waals surface area contributed by atoms with Crippen molar-refractivity contribution in [3.05, 3.63) is 46.9 Å². The van der Waals surface area contributed by atoms with Crippen LogP contribution in [0.4, 0.5) is 5.82 Å². The van der Waals surface area contributed by atoms with Gasteiger partial charge in [-0.3, -0.25) is 9.89 Å². The Bertz CT molecular complexity index is 964. The van der Waals surface area contributed by atoms with Gasteiger partial charge in [0, 0.05) is 24.7 Å². The summed E-state index contributed by atoms with van der Waals surface area (Å²) in [6.07, 6.45) is 5.10. The van der Waals surface area contributed by atoms with Gasteiger partial charge in [0.25, 0.3) is 5.91 Å². The molecule has 0 saturated carbocycles. The van der Waals surface area contributed by atoms with Gasteiger partial charge in [-0.05, 0) is 44.7 Å². The highest BCUT2D eigenvalue weighted by atomic mass is 16.1. The minimum absolute atomic E-state index is 0.0303. The maximum atomic E-state index is 12.8. The zero-order valence-corrected chi connectivity index (χ0v) is 15.9. The molecule has 0 atom stereocenters. The van der Waals surface area contributed by atoms with E-state index in [1.165, 1.54) is 5.56 Å². The number of hydrogen-bond donors (Lipinski definition) is 2. The molecule has 27 heavy (non-hydrogen) atoms. The van der Waals surface area contributed by atoms with Crippen LogP contribution in [0.1, 0.15) is 39.9 Å². The molecule has 1 aliphatic rings. The van der Waals surface area contributed by atoms with Crippen LogP contribution in [0.25, 0.3) is 11.0 Å². The number of fused-ring (bicyclic) bond motifs is 1. The molecule has 3 heterocycles. The van der Waals surface area contributed by atoms with E-state index in [9.17, 15) is 4.79 Å². The summed E-state index contributed by atoms with van der Waals surface area (Å²) in [4.78, 5) is 23.7. The van der Waals surface area contributed by atoms with Crippen LogP contribution in [0, 0.1) is 20.8 Å². The van der Waals surface area contributed by atoms with Crippen molar-refractivity contribution in [2.24, 2.45) is 0 Å². The highest BCUT2D eigenvalue weighted by Crippen LogP contribution is 2.24. The Balaban J connectivity index is 1.43. The molecule has 2 N–H and O–H groups in total. The first-order valence-corrected chi connectivity index (χ1v) is 9.30. The summed E-state index contributed by atoms with van der Waals surface area (Å²) in [5, 5.41) is 11.1. The number of nitrogens with one attached hydrogen (secondary N) is 2. The number of carbonyl (C=O) groups is 1. The molecular weight excluding hydrogens is 340 g/mol. The van der Waals surface area contributed by atoms with Crippen LogP contribution in [-0.4, -0.2) is 45.2 Å². The van der Waals surface area contributed by atoms with Crippen LogP contribution in [-0.2, 0) is 0 Å². The van der Waals surface area contributed by atoms with E-state index in [0.29, 0.717) is 0 Å². The van der Waals surface area contributed by atoms with Gasteiger partial charge >= 0.3 is 0 Å². The molecule has 1 saturated heterocycles. The van der Waals surface area contributed by atoms with Crippen LogP contribution in [0.2, 0.25) is 0 Å². The molecule has 0 radical (unpaired) electrons. The van der Waals surface area contributed by atoms with Gasteiger partial charge in [-0.1, -0.05) is 17.7 Å². The van der Waals surface area contributed by atoms with Crippen LogP contribution in [0.15, 0.2) is 24.7 Å². The predicted molar refractivity (Wildman–Crippen MR) is 105 cm³/mol. The Morgan fingerprint density at radius 3 is 2.56 bits per heavy atom. The van der Waals surface area contributed by atoms with Gasteiger partial charge in [-0.25, -0.2) is 9.97 Å². The molecule has 7 heteroatoms. The highest BCUT2D eigenvalue weighted by Gasteiger charge is 2.24. The Kier molecular flexibility index (Phi) is 4.51. The van der Waals surface area contributed by atoms with Gasteiger partial charge in [0.15, 0.2) is 5.65 Å². The average Bonchev–Trinajstić information content (AvgIpc) is 3.10. The number of rotatable bonds is 3. The van der Waals surface area contributed by atoms with Gasteiger partial charge in [-0.15, -0.1) is 0 Å². The molecule has 1 aromatic carbocycles. The van der Waals surface area contributed by atoms with Crippen LogP contribution >= 0.6 is 0 Å². The summed E-state index contributed by atoms with van der Waals surface area (Å²) in [5.41, 5.74) is 4.81. The number of benzene rings is 1. The molecule has 0 spiro atoms. The highest BCUT2D eigenvalue weighted by molar-refractivity contribution is 5.97. The number of amides is 1. The van der Waals surface area contributed by atoms with Gasteiger partial charge < -0.3 is 10.2 Å². The van der Waals surface area contributed by atoms with E-state index in [2.05, 4.69) is 49.4 Å². The molecule has 140 valence electrons. The molecule has 3 aromatic rings. The molecule has 1 fully saturated rings. The molecule has 4 rings (SSSR count). The third kappa shape index (κ3) is 3.37. The van der Waals surface area contributed by atoms with Crippen LogP contribution in [0.5, 0.6) is 0 Å². The van der Waals surface area contributed by atoms with Crippen molar-refractivity contribution in [1.82, 2.24) is 25.5 Å². The number of nitrogens with zero attached hydrogens (tertiary/aromatic N) is 4. The van der Waals surface area contributed by atoms with E-state index in [0.717, 1.165) is 59.5 Å². The normalized spacial score (nSPS) is 15.3. The van der Waals surface area contributed by atoms with E-state index in [1.807, 2.05) is 13.8 Å². The van der Waals surface area contributed by atoms with Crippen molar-refractivity contribution in [3.63, 3.8) is 0 Å². The van der Waals surface area contributed by atoms with E-state index < -0.39 is 0 Å². The number of piperidine rings is 1. The number of anilines is 1. The third-order valence-corrected chi connectivity index (χ3v) is 5.26. The van der Waals surface area contributed by atoms with Crippen molar-refractivity contribution in [1.29, 1.82) is 0 Å². The number of hydrogen-bond acceptors (Lipinski definition) is 5. The quantitative estimate of drug-likeness (QED) is 0.746.